The van der Waals surface area contributed by atoms with E-state index >= 15 is 0 Å². The highest BCUT2D eigenvalue weighted by atomic mass is 79.9. The Labute approximate surface area is 218 Å². The van der Waals surface area contributed by atoms with Crippen LogP contribution in [0, 0.1) is 0 Å². The van der Waals surface area contributed by atoms with Gasteiger partial charge in [0.25, 0.3) is 0 Å². The van der Waals surface area contributed by atoms with Crippen molar-refractivity contribution in [2.24, 2.45) is 0 Å². The van der Waals surface area contributed by atoms with E-state index in [-0.39, 0.29) is 54.8 Å². The Kier molecular flexibility index (Phi) is 6.81. The van der Waals surface area contributed by atoms with Gasteiger partial charge in [-0.2, -0.15) is 0 Å². The number of carbonyl (C=O) groups excluding carboxylic acids is 2. The number of benzene rings is 1. The largest absolute Gasteiger partial charge is 0.458 e. The third-order valence-corrected chi connectivity index (χ3v) is 8.29. The third-order valence-electron chi connectivity index (χ3n) is 7.97. The van der Waals surface area contributed by atoms with Crippen LogP contribution in [0.3, 0.4) is 0 Å². The number of carbonyl (C=O) groups is 2. The molecule has 0 aliphatic carbocycles. The van der Waals surface area contributed by atoms with Crippen LogP contribution in [0.25, 0.3) is 0 Å². The molecule has 1 aromatic carbocycles. The molecule has 0 spiro atoms. The van der Waals surface area contributed by atoms with E-state index in [1.165, 1.54) is 0 Å². The second kappa shape index (κ2) is 9.93. The van der Waals surface area contributed by atoms with Crippen molar-refractivity contribution >= 4 is 28.2 Å². The van der Waals surface area contributed by atoms with Crippen molar-refractivity contribution in [1.29, 1.82) is 0 Å². The number of rotatable bonds is 9. The van der Waals surface area contributed by atoms with Crippen molar-refractivity contribution in [3.05, 3.63) is 47.0 Å². The van der Waals surface area contributed by atoms with Gasteiger partial charge in [0.05, 0.1) is 23.9 Å². The van der Waals surface area contributed by atoms with E-state index in [2.05, 4.69) is 22.5 Å². The molecule has 0 radical (unpaired) electrons. The van der Waals surface area contributed by atoms with Crippen LogP contribution in [-0.2, 0) is 33.2 Å². The first-order chi connectivity index (χ1) is 17.4. The molecule has 36 heavy (non-hydrogen) atoms. The van der Waals surface area contributed by atoms with Crippen LogP contribution >= 0.6 is 15.9 Å². The van der Waals surface area contributed by atoms with Crippen LogP contribution in [-0.4, -0.2) is 73.0 Å². The van der Waals surface area contributed by atoms with E-state index in [0.717, 1.165) is 23.6 Å². The first-order valence-corrected chi connectivity index (χ1v) is 13.6. The van der Waals surface area contributed by atoms with Crippen LogP contribution in [0.4, 0.5) is 0 Å². The van der Waals surface area contributed by atoms with E-state index in [4.69, 9.17) is 28.4 Å². The number of esters is 1. The average Bonchev–Trinajstić information content (AvgIpc) is 3.28. The average molecular weight is 563 g/mol. The van der Waals surface area contributed by atoms with Crippen molar-refractivity contribution in [2.75, 3.05) is 0 Å². The molecule has 194 valence electrons. The maximum Gasteiger partial charge on any atom is 0.338 e. The number of halogens is 1. The van der Waals surface area contributed by atoms with Crippen LogP contribution in [0.1, 0.15) is 55.3 Å². The van der Waals surface area contributed by atoms with Gasteiger partial charge in [0.2, 0.25) is 0 Å². The minimum Gasteiger partial charge on any atom is -0.458 e. The van der Waals surface area contributed by atoms with E-state index < -0.39 is 11.9 Å². The Bertz CT molecular complexity index is 1000. The molecule has 7 rings (SSSR count). The zero-order chi connectivity index (χ0) is 24.9. The molecule has 0 aromatic heterocycles. The molecule has 10 atom stereocenters. The van der Waals surface area contributed by atoms with Gasteiger partial charge in [-0.3, -0.25) is 0 Å². The molecule has 6 fully saturated rings. The summed E-state index contributed by atoms with van der Waals surface area (Å²) in [6.07, 6.45) is 3.01. The van der Waals surface area contributed by atoms with Crippen molar-refractivity contribution in [3.8, 4) is 0 Å². The Hall–Kier alpha value is -1.62. The molecule has 9 heteroatoms. The fourth-order valence-electron chi connectivity index (χ4n) is 6.38. The lowest BCUT2D eigenvalue weighted by Gasteiger charge is -2.47. The fraction of sp³-hybridized carbons (Fsp3) is 0.630. The molecule has 6 saturated heterocycles. The van der Waals surface area contributed by atoms with E-state index in [1.54, 1.807) is 12.1 Å². The second-order valence-corrected chi connectivity index (χ2v) is 11.5. The SMILES string of the molecule is C=C(Br)C[C@@H](CC[C@@]12C[C@H]3O[C@@H]4[C@@H](O[C@H]5CC[C@H](CC=O)O[C@@H]5[C@H]4O1)[C@H]3O2)OC(=O)c1ccccc1. The molecule has 6 aliphatic rings. The summed E-state index contributed by atoms with van der Waals surface area (Å²) in [6.45, 7) is 3.94. The minimum atomic E-state index is -0.867. The van der Waals surface area contributed by atoms with Gasteiger partial charge in [-0.05, 0) is 35.9 Å². The summed E-state index contributed by atoms with van der Waals surface area (Å²) in [5.74, 6) is -1.23. The third kappa shape index (κ3) is 4.59. The van der Waals surface area contributed by atoms with Crippen molar-refractivity contribution in [1.82, 2.24) is 0 Å². The maximum absolute atomic E-state index is 12.7. The van der Waals surface area contributed by atoms with Crippen LogP contribution in [0.15, 0.2) is 41.4 Å². The number of fused-ring (bicyclic) bond motifs is 1. The highest BCUT2D eigenvalue weighted by Gasteiger charge is 2.68. The van der Waals surface area contributed by atoms with Gasteiger partial charge in [0, 0.05) is 25.7 Å². The molecule has 0 N–H and O–H groups in total. The normalized spacial score (nSPS) is 40.8. The first-order valence-electron chi connectivity index (χ1n) is 12.8. The predicted molar refractivity (Wildman–Crippen MR) is 131 cm³/mol. The van der Waals surface area contributed by atoms with Gasteiger partial charge in [-0.1, -0.05) is 40.7 Å². The standard InChI is InChI=1S/C27H31BrO8/c1-15(28)13-18(32-26(30)16-5-3-2-4-6-16)9-11-27-14-20-22(35-27)23-24(34-20)25(36-27)21-19(33-23)8-7-17(31-21)10-12-29/h2-6,12,17-25H,1,7-11,13-14H2/t17-,18-,19+,20-,21+,22+,23+,24-,25-,27+/m1/s1. The molecular weight excluding hydrogens is 532 g/mol. The first kappa shape index (κ1) is 24.7. The van der Waals surface area contributed by atoms with E-state index in [1.807, 2.05) is 18.2 Å². The van der Waals surface area contributed by atoms with Gasteiger partial charge >= 0.3 is 5.97 Å². The molecule has 0 amide bonds. The van der Waals surface area contributed by atoms with Crippen LogP contribution < -0.4 is 0 Å². The predicted octanol–water partition coefficient (Wildman–Crippen LogP) is 3.85. The van der Waals surface area contributed by atoms with Crippen molar-refractivity contribution in [3.63, 3.8) is 0 Å². The highest BCUT2D eigenvalue weighted by Crippen LogP contribution is 2.54. The van der Waals surface area contributed by atoms with Crippen LogP contribution in [0.2, 0.25) is 0 Å². The Morgan fingerprint density at radius 2 is 1.81 bits per heavy atom. The lowest BCUT2D eigenvalue weighted by molar-refractivity contribution is -0.292. The molecule has 6 bridgehead atoms. The van der Waals surface area contributed by atoms with Gasteiger partial charge in [0.1, 0.15) is 42.9 Å². The van der Waals surface area contributed by atoms with Gasteiger partial charge in [-0.25, -0.2) is 4.79 Å². The summed E-state index contributed by atoms with van der Waals surface area (Å²) in [5, 5.41) is 0. The summed E-state index contributed by atoms with van der Waals surface area (Å²) in [6, 6.07) is 8.96. The summed E-state index contributed by atoms with van der Waals surface area (Å²) < 4.78 is 39.0. The topological polar surface area (TPSA) is 89.5 Å². The number of hydrogen-bond donors (Lipinski definition) is 0. The molecular formula is C27H31BrO8. The fourth-order valence-corrected chi connectivity index (χ4v) is 6.74. The molecule has 0 saturated carbocycles. The summed E-state index contributed by atoms with van der Waals surface area (Å²) in [5.41, 5.74) is 0.509. The second-order valence-electron chi connectivity index (χ2n) is 10.4. The van der Waals surface area contributed by atoms with Crippen molar-refractivity contribution < 1.29 is 38.0 Å². The maximum atomic E-state index is 12.7. The molecule has 8 nitrogen and oxygen atoms in total. The quantitative estimate of drug-likeness (QED) is 0.331. The summed E-state index contributed by atoms with van der Waals surface area (Å²) in [4.78, 5) is 23.8. The molecule has 1 aromatic rings. The zero-order valence-electron chi connectivity index (χ0n) is 20.0. The summed E-state index contributed by atoms with van der Waals surface area (Å²) in [7, 11) is 0. The van der Waals surface area contributed by atoms with Crippen LogP contribution in [0.5, 0.6) is 0 Å². The zero-order valence-corrected chi connectivity index (χ0v) is 21.5. The lowest BCUT2D eigenvalue weighted by Crippen LogP contribution is -2.61. The van der Waals surface area contributed by atoms with Gasteiger partial charge in [0.15, 0.2) is 5.79 Å². The number of hydrogen-bond acceptors (Lipinski definition) is 8. The highest BCUT2D eigenvalue weighted by molar-refractivity contribution is 9.11. The minimum absolute atomic E-state index is 0.0993. The lowest BCUT2D eigenvalue weighted by atomic mass is 9.87. The van der Waals surface area contributed by atoms with E-state index in [9.17, 15) is 9.59 Å². The molecule has 6 aliphatic heterocycles. The van der Waals surface area contributed by atoms with Gasteiger partial charge in [-0.15, -0.1) is 0 Å². The number of aldehydes is 1. The monoisotopic (exact) mass is 562 g/mol. The molecule has 0 unspecified atom stereocenters. The Balaban J connectivity index is 1.18. The smallest absolute Gasteiger partial charge is 0.338 e. The number of ether oxygens (including phenoxy) is 6. The summed E-state index contributed by atoms with van der Waals surface area (Å²) >= 11 is 3.42. The van der Waals surface area contributed by atoms with Crippen molar-refractivity contribution in [2.45, 2.75) is 106 Å². The molecule has 6 heterocycles. The Morgan fingerprint density at radius 3 is 2.58 bits per heavy atom. The van der Waals surface area contributed by atoms with E-state index in [0.29, 0.717) is 37.7 Å². The Morgan fingerprint density at radius 1 is 1.06 bits per heavy atom. The van der Waals surface area contributed by atoms with Gasteiger partial charge < -0.3 is 33.2 Å².